The summed E-state index contributed by atoms with van der Waals surface area (Å²) in [6.07, 6.45) is -4.73. The molecule has 0 aliphatic carbocycles. The zero-order chi connectivity index (χ0) is 15.0. The molecule has 1 saturated heterocycles. The predicted molar refractivity (Wildman–Crippen MR) is 62.6 cm³/mol. The van der Waals surface area contributed by atoms with Crippen LogP contribution in [-0.4, -0.2) is 54.7 Å². The Bertz CT molecular complexity index is 588. The summed E-state index contributed by atoms with van der Waals surface area (Å²) in [6.45, 7) is -0.589. The van der Waals surface area contributed by atoms with Gasteiger partial charge in [0.15, 0.2) is 6.23 Å². The minimum absolute atomic E-state index is 0.567. The second kappa shape index (κ2) is 5.13. The molecule has 1 aromatic heterocycles. The minimum Gasteiger partial charge on any atom is -0.394 e. The van der Waals surface area contributed by atoms with E-state index in [1.165, 1.54) is 0 Å². The van der Waals surface area contributed by atoms with Crippen LogP contribution < -0.4 is 11.4 Å². The van der Waals surface area contributed by atoms with Crippen LogP contribution in [-0.2, 0) is 4.74 Å². The van der Waals surface area contributed by atoms with Gasteiger partial charge in [-0.05, 0) is 0 Å². The Balaban J connectivity index is 2.46. The molecular weight excluding hydrogens is 276 g/mol. The van der Waals surface area contributed by atoms with Crippen molar-refractivity contribution < 1.29 is 25.0 Å². The number of hydrogen-bond donors (Lipinski definition) is 4. The standard InChI is InChI=1S/C9H12N4O7/c10-7-3(13(18)19)1-12(9(17)11-7)8-6(16)5(15)4(2-14)20-8/h1,4-6,8,14-16H,2H2,(H2,10,11,17)/t4-,5?,6?,8-/m1/s1. The number of hydrogen-bond acceptors (Lipinski definition) is 9. The first kappa shape index (κ1) is 14.3. The molecule has 0 spiro atoms. The Hall–Kier alpha value is -2.08. The first-order valence-electron chi connectivity index (χ1n) is 5.52. The van der Waals surface area contributed by atoms with E-state index < -0.39 is 53.3 Å². The third kappa shape index (κ3) is 2.22. The maximum absolute atomic E-state index is 11.7. The fraction of sp³-hybridized carbons (Fsp3) is 0.556. The number of anilines is 1. The zero-order valence-corrected chi connectivity index (χ0v) is 9.99. The van der Waals surface area contributed by atoms with E-state index in [-0.39, 0.29) is 0 Å². The number of aliphatic hydroxyl groups is 3. The summed E-state index contributed by atoms with van der Waals surface area (Å²) in [5.74, 6) is -0.567. The van der Waals surface area contributed by atoms with Gasteiger partial charge in [-0.25, -0.2) is 4.79 Å². The summed E-state index contributed by atoms with van der Waals surface area (Å²) in [7, 11) is 0. The highest BCUT2D eigenvalue weighted by Gasteiger charge is 2.44. The van der Waals surface area contributed by atoms with Crippen molar-refractivity contribution in [3.63, 3.8) is 0 Å². The lowest BCUT2D eigenvalue weighted by Gasteiger charge is -2.16. The summed E-state index contributed by atoms with van der Waals surface area (Å²) in [4.78, 5) is 24.8. The Morgan fingerprint density at radius 3 is 2.65 bits per heavy atom. The van der Waals surface area contributed by atoms with Crippen molar-refractivity contribution in [2.45, 2.75) is 24.5 Å². The van der Waals surface area contributed by atoms with Gasteiger partial charge in [0.05, 0.1) is 17.7 Å². The van der Waals surface area contributed by atoms with E-state index >= 15 is 0 Å². The fourth-order valence-electron chi connectivity index (χ4n) is 1.90. The molecule has 2 heterocycles. The molecule has 1 aromatic rings. The molecule has 110 valence electrons. The molecule has 2 rings (SSSR count). The van der Waals surface area contributed by atoms with Crippen LogP contribution in [0.1, 0.15) is 6.23 Å². The van der Waals surface area contributed by atoms with Crippen LogP contribution in [0.5, 0.6) is 0 Å². The van der Waals surface area contributed by atoms with Crippen LogP contribution in [0.25, 0.3) is 0 Å². The lowest BCUT2D eigenvalue weighted by Crippen LogP contribution is -2.36. The number of aromatic nitrogens is 2. The summed E-state index contributed by atoms with van der Waals surface area (Å²) >= 11 is 0. The monoisotopic (exact) mass is 288 g/mol. The number of nitrogens with zero attached hydrogens (tertiary/aromatic N) is 3. The minimum atomic E-state index is -1.55. The molecular formula is C9H12N4O7. The number of nitro groups is 1. The van der Waals surface area contributed by atoms with Gasteiger partial charge in [-0.1, -0.05) is 0 Å². The smallest absolute Gasteiger partial charge is 0.352 e. The number of rotatable bonds is 3. The molecule has 20 heavy (non-hydrogen) atoms. The third-order valence-electron chi connectivity index (χ3n) is 2.95. The second-order valence-corrected chi connectivity index (χ2v) is 4.19. The maximum atomic E-state index is 11.7. The Kier molecular flexibility index (Phi) is 3.67. The molecule has 0 bridgehead atoms. The highest BCUT2D eigenvalue weighted by atomic mass is 16.6. The molecule has 1 fully saturated rings. The molecule has 0 radical (unpaired) electrons. The summed E-state index contributed by atoms with van der Waals surface area (Å²) < 4.78 is 5.74. The molecule has 11 heteroatoms. The van der Waals surface area contributed by atoms with Crippen molar-refractivity contribution >= 4 is 11.5 Å². The average molecular weight is 288 g/mol. The normalized spacial score (nSPS) is 29.6. The third-order valence-corrected chi connectivity index (χ3v) is 2.95. The van der Waals surface area contributed by atoms with Crippen LogP contribution in [0.15, 0.2) is 11.0 Å². The van der Waals surface area contributed by atoms with E-state index in [0.717, 1.165) is 6.20 Å². The van der Waals surface area contributed by atoms with E-state index in [1.54, 1.807) is 0 Å². The van der Waals surface area contributed by atoms with Crippen molar-refractivity contribution in [3.05, 3.63) is 26.8 Å². The van der Waals surface area contributed by atoms with Gasteiger partial charge in [0.1, 0.15) is 18.3 Å². The highest BCUT2D eigenvalue weighted by Crippen LogP contribution is 2.29. The summed E-state index contributed by atoms with van der Waals surface area (Å²) in [5.41, 5.74) is 3.63. The van der Waals surface area contributed by atoms with Gasteiger partial charge >= 0.3 is 11.4 Å². The molecule has 5 N–H and O–H groups in total. The lowest BCUT2D eigenvalue weighted by molar-refractivity contribution is -0.384. The van der Waals surface area contributed by atoms with Crippen LogP contribution in [0, 0.1) is 10.1 Å². The Morgan fingerprint density at radius 1 is 1.50 bits per heavy atom. The van der Waals surface area contributed by atoms with E-state index in [0.29, 0.717) is 4.57 Å². The summed E-state index contributed by atoms with van der Waals surface area (Å²) in [6, 6.07) is 0. The molecule has 0 saturated carbocycles. The number of nitrogens with two attached hydrogens (primary N) is 1. The molecule has 1 aliphatic heterocycles. The van der Waals surface area contributed by atoms with Crippen molar-refractivity contribution in [2.75, 3.05) is 12.3 Å². The molecule has 0 aromatic carbocycles. The van der Waals surface area contributed by atoms with Gasteiger partial charge < -0.3 is 25.8 Å². The van der Waals surface area contributed by atoms with Gasteiger partial charge in [-0.3, -0.25) is 14.7 Å². The average Bonchev–Trinajstić information content (AvgIpc) is 2.66. The second-order valence-electron chi connectivity index (χ2n) is 4.19. The molecule has 4 atom stereocenters. The number of aliphatic hydroxyl groups excluding tert-OH is 3. The SMILES string of the molecule is Nc1nc(=O)n([C@@H]2O[C@H](CO)C(O)C2O)cc1[N+](=O)[O-]. The van der Waals surface area contributed by atoms with Crippen molar-refractivity contribution in [2.24, 2.45) is 0 Å². The maximum Gasteiger partial charge on any atom is 0.352 e. The predicted octanol–water partition coefficient (Wildman–Crippen LogP) is -2.65. The largest absolute Gasteiger partial charge is 0.394 e. The van der Waals surface area contributed by atoms with Crippen molar-refractivity contribution in [1.29, 1.82) is 0 Å². The van der Waals surface area contributed by atoms with Crippen molar-refractivity contribution in [3.8, 4) is 0 Å². The van der Waals surface area contributed by atoms with Gasteiger partial charge in [-0.2, -0.15) is 4.98 Å². The van der Waals surface area contributed by atoms with Crippen LogP contribution in [0.4, 0.5) is 11.5 Å². The van der Waals surface area contributed by atoms with E-state index in [4.69, 9.17) is 15.6 Å². The molecule has 11 nitrogen and oxygen atoms in total. The zero-order valence-electron chi connectivity index (χ0n) is 9.99. The summed E-state index contributed by atoms with van der Waals surface area (Å²) in [5, 5.41) is 39.0. The first-order valence-corrected chi connectivity index (χ1v) is 5.52. The van der Waals surface area contributed by atoms with Gasteiger partial charge in [0.2, 0.25) is 5.82 Å². The Morgan fingerprint density at radius 2 is 2.15 bits per heavy atom. The van der Waals surface area contributed by atoms with E-state index in [9.17, 15) is 25.1 Å². The van der Waals surface area contributed by atoms with Crippen LogP contribution in [0.3, 0.4) is 0 Å². The lowest BCUT2D eigenvalue weighted by atomic mass is 10.1. The molecule has 1 aliphatic rings. The fourth-order valence-corrected chi connectivity index (χ4v) is 1.90. The number of nitrogen functional groups attached to an aromatic ring is 1. The highest BCUT2D eigenvalue weighted by molar-refractivity contribution is 5.49. The number of ether oxygens (including phenoxy) is 1. The van der Waals surface area contributed by atoms with Crippen LogP contribution >= 0.6 is 0 Å². The molecule has 0 amide bonds. The van der Waals surface area contributed by atoms with E-state index in [2.05, 4.69) is 4.98 Å². The van der Waals surface area contributed by atoms with E-state index in [1.807, 2.05) is 0 Å². The van der Waals surface area contributed by atoms with Gasteiger partial charge in [-0.15, -0.1) is 0 Å². The van der Waals surface area contributed by atoms with Crippen LogP contribution in [0.2, 0.25) is 0 Å². The Labute approximate surface area is 111 Å². The first-order chi connectivity index (χ1) is 9.36. The van der Waals surface area contributed by atoms with Gasteiger partial charge in [0.25, 0.3) is 0 Å². The topological polar surface area (TPSA) is 174 Å². The quantitative estimate of drug-likeness (QED) is 0.342. The van der Waals surface area contributed by atoms with Gasteiger partial charge in [0, 0.05) is 0 Å². The molecule has 2 unspecified atom stereocenters. The van der Waals surface area contributed by atoms with Crippen molar-refractivity contribution in [1.82, 2.24) is 9.55 Å².